The second kappa shape index (κ2) is 8.92. The molecule has 0 saturated carbocycles. The third-order valence-electron chi connectivity index (χ3n) is 5.87. The lowest BCUT2D eigenvalue weighted by molar-refractivity contribution is -0.117. The van der Waals surface area contributed by atoms with Crippen molar-refractivity contribution in [2.45, 2.75) is 19.9 Å². The highest BCUT2D eigenvalue weighted by molar-refractivity contribution is 7.22. The van der Waals surface area contributed by atoms with E-state index in [2.05, 4.69) is 9.97 Å². The number of aromatic nitrogens is 2. The maximum atomic E-state index is 13.7. The number of benzene rings is 2. The van der Waals surface area contributed by atoms with Crippen molar-refractivity contribution < 1.29 is 29.3 Å². The quantitative estimate of drug-likeness (QED) is 0.343. The van der Waals surface area contributed by atoms with Gasteiger partial charge in [-0.1, -0.05) is 17.4 Å². The average molecular weight is 524 g/mol. The molecule has 9 nitrogen and oxygen atoms in total. The van der Waals surface area contributed by atoms with Crippen molar-refractivity contribution >= 4 is 49.7 Å². The first-order valence-electron chi connectivity index (χ1n) is 10.8. The number of carbonyl (C=O) groups excluding carboxylic acids is 2. The zero-order valence-electron chi connectivity index (χ0n) is 19.7. The molecule has 5 rings (SSSR count). The molecule has 1 amide bonds. The van der Waals surface area contributed by atoms with Crippen LogP contribution in [0.25, 0.3) is 10.2 Å². The van der Waals surface area contributed by atoms with Crippen LogP contribution in [0.3, 0.4) is 0 Å². The second-order valence-corrected chi connectivity index (χ2v) is 10.3. The molecule has 0 radical (unpaired) electrons. The molecule has 2 N–H and O–H groups in total. The van der Waals surface area contributed by atoms with Gasteiger partial charge in [-0.3, -0.25) is 14.5 Å². The maximum Gasteiger partial charge on any atom is 0.296 e. The topological polar surface area (TPSA) is 122 Å². The summed E-state index contributed by atoms with van der Waals surface area (Å²) in [5, 5.41) is 22.1. The highest BCUT2D eigenvalue weighted by Gasteiger charge is 2.46. The SMILES string of the molecule is COc1ccc2nc(N3C(=O)C(O)=C(C(=O)c4sc(C)nc4C)C3c3ccc(O)c(OC)c3)sc2c1. The summed E-state index contributed by atoms with van der Waals surface area (Å²) < 4.78 is 11.3. The lowest BCUT2D eigenvalue weighted by atomic mass is 9.95. The molecular weight excluding hydrogens is 502 g/mol. The molecule has 4 aromatic rings. The lowest BCUT2D eigenvalue weighted by Gasteiger charge is -2.24. The normalized spacial score (nSPS) is 15.7. The molecular formula is C25H21N3O6S2. The van der Waals surface area contributed by atoms with E-state index in [1.807, 2.05) is 0 Å². The first-order valence-corrected chi connectivity index (χ1v) is 12.4. The standard InChI is InChI=1S/C25H21N3O6S2/c1-11-23(35-12(2)26-11)21(30)19-20(13-5-8-16(29)17(9-13)34-4)28(24(32)22(19)31)25-27-15-7-6-14(33-3)10-18(15)36-25/h5-10,20,29,31H,1-4H3. The number of methoxy groups -OCH3 is 2. The van der Waals surface area contributed by atoms with Crippen LogP contribution in [0, 0.1) is 13.8 Å². The molecule has 0 spiro atoms. The van der Waals surface area contributed by atoms with Crippen LogP contribution in [0.1, 0.15) is 32.0 Å². The van der Waals surface area contributed by atoms with E-state index >= 15 is 0 Å². The van der Waals surface area contributed by atoms with E-state index in [-0.39, 0.29) is 17.1 Å². The molecule has 2 aromatic heterocycles. The molecule has 36 heavy (non-hydrogen) atoms. The number of phenols is 1. The third kappa shape index (κ3) is 3.76. The van der Waals surface area contributed by atoms with Crippen LogP contribution in [-0.4, -0.2) is 46.1 Å². The second-order valence-electron chi connectivity index (χ2n) is 8.08. The van der Waals surface area contributed by atoms with E-state index in [9.17, 15) is 19.8 Å². The molecule has 3 heterocycles. The minimum Gasteiger partial charge on any atom is -0.504 e. The summed E-state index contributed by atoms with van der Waals surface area (Å²) in [6.45, 7) is 3.49. The first kappa shape index (κ1) is 23.8. The summed E-state index contributed by atoms with van der Waals surface area (Å²) >= 11 is 2.43. The Balaban J connectivity index is 1.70. The van der Waals surface area contributed by atoms with E-state index in [0.29, 0.717) is 37.5 Å². The molecule has 0 fully saturated rings. The number of thiazole rings is 2. The van der Waals surface area contributed by atoms with Gasteiger partial charge in [0.05, 0.1) is 51.6 Å². The van der Waals surface area contributed by atoms with Crippen LogP contribution < -0.4 is 14.4 Å². The third-order valence-corrected chi connectivity index (χ3v) is 7.96. The number of aromatic hydroxyl groups is 1. The Hall–Kier alpha value is -3.96. The van der Waals surface area contributed by atoms with Gasteiger partial charge in [0.1, 0.15) is 5.75 Å². The zero-order chi connectivity index (χ0) is 25.7. The van der Waals surface area contributed by atoms with E-state index < -0.39 is 23.5 Å². The molecule has 1 atom stereocenters. The molecule has 1 unspecified atom stereocenters. The molecule has 1 aliphatic heterocycles. The molecule has 1 aliphatic rings. The maximum absolute atomic E-state index is 13.7. The monoisotopic (exact) mass is 523 g/mol. The minimum atomic E-state index is -1.01. The fraction of sp³-hybridized carbons (Fsp3) is 0.200. The van der Waals surface area contributed by atoms with Crippen LogP contribution in [0.4, 0.5) is 5.13 Å². The van der Waals surface area contributed by atoms with Gasteiger partial charge in [-0.15, -0.1) is 11.3 Å². The molecule has 0 aliphatic carbocycles. The Kier molecular flexibility index (Phi) is 5.89. The predicted octanol–water partition coefficient (Wildman–Crippen LogP) is 4.88. The van der Waals surface area contributed by atoms with Crippen LogP contribution in [0.5, 0.6) is 17.2 Å². The van der Waals surface area contributed by atoms with E-state index in [0.717, 1.165) is 4.70 Å². The number of Topliss-reactive ketones (excluding diaryl/α,β-unsaturated/α-hetero) is 1. The van der Waals surface area contributed by atoms with Crippen molar-refractivity contribution in [1.29, 1.82) is 0 Å². The average Bonchev–Trinajstić information content (AvgIpc) is 3.51. The van der Waals surface area contributed by atoms with Gasteiger partial charge >= 0.3 is 0 Å². The van der Waals surface area contributed by atoms with Crippen molar-refractivity contribution in [1.82, 2.24) is 9.97 Å². The van der Waals surface area contributed by atoms with Crippen molar-refractivity contribution in [3.8, 4) is 17.2 Å². The number of hydrogen-bond donors (Lipinski definition) is 2. The van der Waals surface area contributed by atoms with Gasteiger partial charge in [-0.2, -0.15) is 0 Å². The smallest absolute Gasteiger partial charge is 0.296 e. The number of nitrogens with zero attached hydrogens (tertiary/aromatic N) is 3. The van der Waals surface area contributed by atoms with Crippen LogP contribution in [0.2, 0.25) is 0 Å². The summed E-state index contributed by atoms with van der Waals surface area (Å²) in [4.78, 5) is 37.8. The van der Waals surface area contributed by atoms with E-state index in [1.165, 1.54) is 46.8 Å². The Morgan fingerprint density at radius 1 is 1.03 bits per heavy atom. The molecule has 0 bridgehead atoms. The number of ketones is 1. The van der Waals surface area contributed by atoms with Crippen molar-refractivity contribution in [3.63, 3.8) is 0 Å². The summed E-state index contributed by atoms with van der Waals surface area (Å²) in [6, 6.07) is 8.86. The lowest BCUT2D eigenvalue weighted by Crippen LogP contribution is -2.31. The van der Waals surface area contributed by atoms with Crippen LogP contribution in [0.15, 0.2) is 47.7 Å². The highest BCUT2D eigenvalue weighted by atomic mass is 32.1. The molecule has 2 aromatic carbocycles. The highest BCUT2D eigenvalue weighted by Crippen LogP contribution is 2.46. The van der Waals surface area contributed by atoms with E-state index in [4.69, 9.17) is 9.47 Å². The number of fused-ring (bicyclic) bond motifs is 1. The van der Waals surface area contributed by atoms with Gasteiger partial charge in [0.25, 0.3) is 5.91 Å². The summed E-state index contributed by atoms with van der Waals surface area (Å²) in [6.07, 6.45) is 0. The van der Waals surface area contributed by atoms with Crippen LogP contribution >= 0.6 is 22.7 Å². The number of carbonyl (C=O) groups is 2. The van der Waals surface area contributed by atoms with Gasteiger partial charge in [-0.05, 0) is 49.7 Å². The number of ether oxygens (including phenoxy) is 2. The largest absolute Gasteiger partial charge is 0.504 e. The number of anilines is 1. The number of aliphatic hydroxyl groups is 1. The van der Waals surface area contributed by atoms with Crippen molar-refractivity contribution in [3.05, 3.63) is 68.9 Å². The number of amides is 1. The molecule has 184 valence electrons. The van der Waals surface area contributed by atoms with Crippen molar-refractivity contribution in [2.24, 2.45) is 0 Å². The number of aliphatic hydroxyl groups excluding tert-OH is 1. The van der Waals surface area contributed by atoms with Gasteiger partial charge in [0, 0.05) is 0 Å². The Morgan fingerprint density at radius 3 is 2.47 bits per heavy atom. The number of aryl methyl sites for hydroxylation is 2. The van der Waals surface area contributed by atoms with Gasteiger partial charge < -0.3 is 19.7 Å². The fourth-order valence-corrected chi connectivity index (χ4v) is 6.10. The summed E-state index contributed by atoms with van der Waals surface area (Å²) in [7, 11) is 2.96. The fourth-order valence-electron chi connectivity index (χ4n) is 4.20. The predicted molar refractivity (Wildman–Crippen MR) is 137 cm³/mol. The van der Waals surface area contributed by atoms with Crippen LogP contribution in [-0.2, 0) is 4.79 Å². The Bertz CT molecular complexity index is 1570. The Labute approximate surface area is 213 Å². The minimum absolute atomic E-state index is 0.0867. The Morgan fingerprint density at radius 2 is 1.81 bits per heavy atom. The molecule has 11 heteroatoms. The van der Waals surface area contributed by atoms with Gasteiger partial charge in [0.15, 0.2) is 22.4 Å². The van der Waals surface area contributed by atoms with E-state index in [1.54, 1.807) is 45.2 Å². The summed E-state index contributed by atoms with van der Waals surface area (Å²) in [5.74, 6) is -1.19. The number of phenolic OH excluding ortho intramolecular Hbond substituents is 1. The van der Waals surface area contributed by atoms with Crippen molar-refractivity contribution in [2.75, 3.05) is 19.1 Å². The summed E-state index contributed by atoms with van der Waals surface area (Å²) in [5.41, 5.74) is 1.53. The van der Waals surface area contributed by atoms with Gasteiger partial charge in [-0.25, -0.2) is 9.97 Å². The molecule has 0 saturated heterocycles. The number of hydrogen-bond acceptors (Lipinski definition) is 10. The zero-order valence-corrected chi connectivity index (χ0v) is 21.4. The van der Waals surface area contributed by atoms with Gasteiger partial charge in [0.2, 0.25) is 5.78 Å². The number of rotatable bonds is 6. The first-order chi connectivity index (χ1) is 17.2.